The molecule has 162 valence electrons. The van der Waals surface area contributed by atoms with Crippen molar-refractivity contribution in [3.8, 4) is 11.5 Å². The van der Waals surface area contributed by atoms with Crippen molar-refractivity contribution < 1.29 is 14.3 Å². The monoisotopic (exact) mass is 437 g/mol. The van der Waals surface area contributed by atoms with E-state index in [0.29, 0.717) is 28.9 Å². The molecule has 1 N–H and O–H groups in total. The number of hydrogen-bond donors (Lipinski definition) is 1. The summed E-state index contributed by atoms with van der Waals surface area (Å²) in [7, 11) is 1.64. The summed E-state index contributed by atoms with van der Waals surface area (Å²) in [5.74, 6) is 1.81. The zero-order chi connectivity index (χ0) is 22.2. The summed E-state index contributed by atoms with van der Waals surface area (Å²) >= 11 is 6.17. The van der Waals surface area contributed by atoms with Gasteiger partial charge in [0.05, 0.1) is 13.2 Å². The molecule has 0 spiro atoms. The van der Waals surface area contributed by atoms with E-state index in [1.165, 1.54) is 0 Å². The van der Waals surface area contributed by atoms with E-state index in [2.05, 4.69) is 19.2 Å². The van der Waals surface area contributed by atoms with Crippen molar-refractivity contribution in [2.24, 2.45) is 5.92 Å². The lowest BCUT2D eigenvalue weighted by Crippen LogP contribution is -2.29. The van der Waals surface area contributed by atoms with E-state index in [1.807, 2.05) is 48.5 Å². The summed E-state index contributed by atoms with van der Waals surface area (Å²) in [6, 6.07) is 22.5. The highest BCUT2D eigenvalue weighted by Crippen LogP contribution is 2.25. The van der Waals surface area contributed by atoms with Crippen molar-refractivity contribution >= 4 is 17.5 Å². The molecule has 0 bridgehead atoms. The molecule has 5 heteroatoms. The second kappa shape index (κ2) is 10.9. The Morgan fingerprint density at radius 2 is 1.58 bits per heavy atom. The summed E-state index contributed by atoms with van der Waals surface area (Å²) < 4.78 is 11.0. The van der Waals surface area contributed by atoms with Gasteiger partial charge in [-0.05, 0) is 60.4 Å². The van der Waals surface area contributed by atoms with E-state index in [-0.39, 0.29) is 11.9 Å². The molecule has 0 aliphatic rings. The number of carbonyl (C=O) groups excluding carboxylic acids is 1. The molecule has 31 heavy (non-hydrogen) atoms. The Balaban J connectivity index is 1.65. The SMILES string of the molecule is COc1ccc([C@@H](CC(C)C)NC(=O)c2ccc(OCc3ccccc3Cl)cc2)cc1. The van der Waals surface area contributed by atoms with Crippen LogP contribution in [0.5, 0.6) is 11.5 Å². The Morgan fingerprint density at radius 3 is 2.19 bits per heavy atom. The van der Waals surface area contributed by atoms with E-state index >= 15 is 0 Å². The van der Waals surface area contributed by atoms with Crippen LogP contribution in [0, 0.1) is 5.92 Å². The van der Waals surface area contributed by atoms with Crippen LogP contribution in [0.3, 0.4) is 0 Å². The van der Waals surface area contributed by atoms with Gasteiger partial charge in [0.2, 0.25) is 0 Å². The van der Waals surface area contributed by atoms with Gasteiger partial charge in [0.1, 0.15) is 18.1 Å². The molecule has 0 aliphatic carbocycles. The fourth-order valence-corrected chi connectivity index (χ4v) is 3.50. The fourth-order valence-electron chi connectivity index (χ4n) is 3.31. The average Bonchev–Trinajstić information content (AvgIpc) is 2.78. The van der Waals surface area contributed by atoms with Crippen LogP contribution in [0.2, 0.25) is 5.02 Å². The zero-order valence-electron chi connectivity index (χ0n) is 18.1. The number of halogens is 1. The maximum absolute atomic E-state index is 12.9. The van der Waals surface area contributed by atoms with Gasteiger partial charge in [-0.1, -0.05) is 55.8 Å². The highest BCUT2D eigenvalue weighted by Gasteiger charge is 2.17. The Hall–Kier alpha value is -2.98. The van der Waals surface area contributed by atoms with Crippen molar-refractivity contribution in [1.82, 2.24) is 5.32 Å². The van der Waals surface area contributed by atoms with E-state index < -0.39 is 0 Å². The predicted molar refractivity (Wildman–Crippen MR) is 125 cm³/mol. The number of ether oxygens (including phenoxy) is 2. The van der Waals surface area contributed by atoms with Gasteiger partial charge in [0.15, 0.2) is 0 Å². The lowest BCUT2D eigenvalue weighted by atomic mass is 9.96. The zero-order valence-corrected chi connectivity index (χ0v) is 18.9. The molecular formula is C26H28ClNO3. The maximum atomic E-state index is 12.9. The number of carbonyl (C=O) groups is 1. The average molecular weight is 438 g/mol. The van der Waals surface area contributed by atoms with Gasteiger partial charge in [-0.2, -0.15) is 0 Å². The first-order valence-electron chi connectivity index (χ1n) is 10.4. The number of methoxy groups -OCH3 is 1. The normalized spacial score (nSPS) is 11.8. The van der Waals surface area contributed by atoms with E-state index in [9.17, 15) is 4.79 Å². The van der Waals surface area contributed by atoms with Gasteiger partial charge in [-0.25, -0.2) is 0 Å². The summed E-state index contributed by atoms with van der Waals surface area (Å²) in [5, 5.41) is 3.84. The van der Waals surface area contributed by atoms with Crippen LogP contribution in [0.15, 0.2) is 72.8 Å². The number of benzene rings is 3. The molecule has 0 fully saturated rings. The van der Waals surface area contributed by atoms with Crippen LogP contribution in [0.25, 0.3) is 0 Å². The third-order valence-corrected chi connectivity index (χ3v) is 5.37. The Bertz CT molecular complexity index is 984. The van der Waals surface area contributed by atoms with Gasteiger partial charge in [-0.3, -0.25) is 4.79 Å². The van der Waals surface area contributed by atoms with Gasteiger partial charge < -0.3 is 14.8 Å². The highest BCUT2D eigenvalue weighted by atomic mass is 35.5. The van der Waals surface area contributed by atoms with Gasteiger partial charge in [-0.15, -0.1) is 0 Å². The van der Waals surface area contributed by atoms with E-state index in [4.69, 9.17) is 21.1 Å². The molecule has 4 nitrogen and oxygen atoms in total. The molecule has 3 aromatic rings. The van der Waals surface area contributed by atoms with Gasteiger partial charge in [0.25, 0.3) is 5.91 Å². The molecule has 0 saturated heterocycles. The van der Waals surface area contributed by atoms with Gasteiger partial charge >= 0.3 is 0 Å². The lowest BCUT2D eigenvalue weighted by molar-refractivity contribution is 0.0932. The second-order valence-corrected chi connectivity index (χ2v) is 8.24. The molecule has 0 saturated carbocycles. The van der Waals surface area contributed by atoms with E-state index in [0.717, 1.165) is 23.3 Å². The first-order valence-corrected chi connectivity index (χ1v) is 10.7. The first kappa shape index (κ1) is 22.7. The van der Waals surface area contributed by atoms with Crippen LogP contribution < -0.4 is 14.8 Å². The highest BCUT2D eigenvalue weighted by molar-refractivity contribution is 6.31. The Kier molecular flexibility index (Phi) is 7.96. The topological polar surface area (TPSA) is 47.6 Å². The molecule has 0 aliphatic heterocycles. The molecule has 0 unspecified atom stereocenters. The second-order valence-electron chi connectivity index (χ2n) is 7.83. The largest absolute Gasteiger partial charge is 0.497 e. The summed E-state index contributed by atoms with van der Waals surface area (Å²) in [6.07, 6.45) is 0.844. The van der Waals surface area contributed by atoms with Crippen molar-refractivity contribution in [3.05, 3.63) is 94.5 Å². The third-order valence-electron chi connectivity index (χ3n) is 5.00. The van der Waals surface area contributed by atoms with Crippen molar-refractivity contribution in [1.29, 1.82) is 0 Å². The molecule has 3 aromatic carbocycles. The minimum absolute atomic E-state index is 0.0745. The first-order chi connectivity index (χ1) is 15.0. The molecule has 0 aromatic heterocycles. The number of hydrogen-bond acceptors (Lipinski definition) is 3. The molecular weight excluding hydrogens is 410 g/mol. The smallest absolute Gasteiger partial charge is 0.251 e. The van der Waals surface area contributed by atoms with Crippen LogP contribution >= 0.6 is 11.6 Å². The van der Waals surface area contributed by atoms with E-state index in [1.54, 1.807) is 31.4 Å². The molecule has 1 amide bonds. The van der Waals surface area contributed by atoms with Crippen LogP contribution in [-0.2, 0) is 6.61 Å². The van der Waals surface area contributed by atoms with Crippen LogP contribution in [0.1, 0.15) is 47.8 Å². The molecule has 0 heterocycles. The van der Waals surface area contributed by atoms with Crippen molar-refractivity contribution in [3.63, 3.8) is 0 Å². The minimum atomic E-state index is -0.112. The number of amides is 1. The van der Waals surface area contributed by atoms with Gasteiger partial charge in [0, 0.05) is 16.1 Å². The van der Waals surface area contributed by atoms with Crippen LogP contribution in [-0.4, -0.2) is 13.0 Å². The lowest BCUT2D eigenvalue weighted by Gasteiger charge is -2.21. The number of nitrogens with one attached hydrogen (secondary N) is 1. The minimum Gasteiger partial charge on any atom is -0.497 e. The quantitative estimate of drug-likeness (QED) is 0.418. The standard InChI is InChI=1S/C26H28ClNO3/c1-18(2)16-25(19-8-12-22(30-3)13-9-19)28-26(29)20-10-14-23(15-11-20)31-17-21-6-4-5-7-24(21)27/h4-15,18,25H,16-17H2,1-3H3,(H,28,29)/t25-/m1/s1. The molecule has 1 atom stereocenters. The Morgan fingerprint density at radius 1 is 0.935 bits per heavy atom. The third kappa shape index (κ3) is 6.50. The van der Waals surface area contributed by atoms with Crippen molar-refractivity contribution in [2.45, 2.75) is 32.9 Å². The van der Waals surface area contributed by atoms with Crippen LogP contribution in [0.4, 0.5) is 0 Å². The summed E-state index contributed by atoms with van der Waals surface area (Å²) in [6.45, 7) is 4.67. The maximum Gasteiger partial charge on any atom is 0.251 e. The molecule has 3 rings (SSSR count). The fraction of sp³-hybridized carbons (Fsp3) is 0.269. The number of rotatable bonds is 9. The van der Waals surface area contributed by atoms with Crippen molar-refractivity contribution in [2.75, 3.05) is 7.11 Å². The Labute approximate surface area is 189 Å². The summed E-state index contributed by atoms with van der Waals surface area (Å²) in [5.41, 5.74) is 2.57. The molecule has 0 radical (unpaired) electrons. The predicted octanol–water partition coefficient (Wildman–Crippen LogP) is 6.44. The summed E-state index contributed by atoms with van der Waals surface area (Å²) in [4.78, 5) is 12.9.